The average molecular weight is 298 g/mol. The van der Waals surface area contributed by atoms with Crippen LogP contribution in [0, 0.1) is 19.8 Å². The number of aromatic nitrogens is 2. The molecule has 0 saturated heterocycles. The van der Waals surface area contributed by atoms with Crippen LogP contribution in [-0.2, 0) is 0 Å². The summed E-state index contributed by atoms with van der Waals surface area (Å²) >= 11 is 0. The molecule has 5 heteroatoms. The molecule has 0 saturated carbocycles. The Kier molecular flexibility index (Phi) is 5.09. The number of nitrogens with one attached hydrogen (secondary N) is 2. The van der Waals surface area contributed by atoms with Crippen molar-refractivity contribution in [2.45, 2.75) is 27.7 Å². The van der Waals surface area contributed by atoms with Gasteiger partial charge in [0.05, 0.1) is 0 Å². The minimum absolute atomic E-state index is 0.233. The average Bonchev–Trinajstić information content (AvgIpc) is 2.49. The van der Waals surface area contributed by atoms with Gasteiger partial charge in [0.1, 0.15) is 5.69 Å². The van der Waals surface area contributed by atoms with Crippen molar-refractivity contribution in [3.8, 4) is 0 Å². The quantitative estimate of drug-likeness (QED) is 0.887. The third-order valence-corrected chi connectivity index (χ3v) is 3.20. The smallest absolute Gasteiger partial charge is 0.274 e. The number of amides is 1. The highest BCUT2D eigenvalue weighted by molar-refractivity contribution is 6.03. The number of hydrogen-bond acceptors (Lipinski definition) is 4. The molecule has 0 spiro atoms. The maximum Gasteiger partial charge on any atom is 0.274 e. The number of carbonyl (C=O) groups excluding carboxylic acids is 1. The van der Waals surface area contributed by atoms with E-state index in [9.17, 15) is 4.79 Å². The molecular formula is C17H22N4O. The molecule has 0 unspecified atom stereocenters. The highest BCUT2D eigenvalue weighted by Crippen LogP contribution is 2.17. The second-order valence-corrected chi connectivity index (χ2v) is 5.81. The summed E-state index contributed by atoms with van der Waals surface area (Å²) in [5, 5.41) is 6.02. The number of nitrogens with zero attached hydrogens (tertiary/aromatic N) is 2. The Morgan fingerprint density at radius 1 is 1.23 bits per heavy atom. The molecule has 0 fully saturated rings. The van der Waals surface area contributed by atoms with Crippen LogP contribution in [0.15, 0.2) is 30.5 Å². The fraction of sp³-hybridized carbons (Fsp3) is 0.353. The first-order valence-electron chi connectivity index (χ1n) is 7.41. The number of aryl methyl sites for hydroxylation is 2. The van der Waals surface area contributed by atoms with E-state index in [2.05, 4.69) is 34.4 Å². The van der Waals surface area contributed by atoms with E-state index in [-0.39, 0.29) is 5.91 Å². The van der Waals surface area contributed by atoms with Crippen molar-refractivity contribution < 1.29 is 4.79 Å². The summed E-state index contributed by atoms with van der Waals surface area (Å²) in [6.45, 7) is 8.93. The highest BCUT2D eigenvalue weighted by Gasteiger charge is 2.10. The van der Waals surface area contributed by atoms with Gasteiger partial charge >= 0.3 is 0 Å². The maximum absolute atomic E-state index is 12.3. The number of anilines is 2. The number of carbonyl (C=O) groups is 1. The van der Waals surface area contributed by atoms with E-state index in [4.69, 9.17) is 0 Å². The second-order valence-electron chi connectivity index (χ2n) is 5.81. The minimum Gasteiger partial charge on any atom is -0.354 e. The fourth-order valence-electron chi connectivity index (χ4n) is 1.92. The first-order chi connectivity index (χ1) is 10.5. The molecule has 5 nitrogen and oxygen atoms in total. The van der Waals surface area contributed by atoms with E-state index < -0.39 is 0 Å². The Morgan fingerprint density at radius 3 is 2.73 bits per heavy atom. The molecule has 116 valence electrons. The summed E-state index contributed by atoms with van der Waals surface area (Å²) in [4.78, 5) is 20.7. The van der Waals surface area contributed by atoms with Gasteiger partial charge in [-0.05, 0) is 43.0 Å². The Balaban J connectivity index is 2.12. The van der Waals surface area contributed by atoms with Crippen LogP contribution in [0.1, 0.15) is 35.5 Å². The summed E-state index contributed by atoms with van der Waals surface area (Å²) in [5.41, 5.74) is 3.27. The van der Waals surface area contributed by atoms with Crippen LogP contribution in [0.5, 0.6) is 0 Å². The molecule has 0 bridgehead atoms. The molecule has 1 amide bonds. The monoisotopic (exact) mass is 298 g/mol. The fourth-order valence-corrected chi connectivity index (χ4v) is 1.92. The Bertz CT molecular complexity index is 667. The van der Waals surface area contributed by atoms with Crippen molar-refractivity contribution in [1.82, 2.24) is 9.97 Å². The first kappa shape index (κ1) is 15.9. The van der Waals surface area contributed by atoms with Crippen molar-refractivity contribution in [3.63, 3.8) is 0 Å². The Labute approximate surface area is 131 Å². The molecule has 0 aliphatic heterocycles. The molecule has 2 aromatic rings. The zero-order chi connectivity index (χ0) is 16.1. The van der Waals surface area contributed by atoms with Gasteiger partial charge in [0.15, 0.2) is 0 Å². The van der Waals surface area contributed by atoms with Crippen molar-refractivity contribution in [1.29, 1.82) is 0 Å². The van der Waals surface area contributed by atoms with E-state index in [0.29, 0.717) is 17.6 Å². The van der Waals surface area contributed by atoms with E-state index in [1.807, 2.05) is 32.0 Å². The lowest BCUT2D eigenvalue weighted by molar-refractivity contribution is 0.102. The van der Waals surface area contributed by atoms with Gasteiger partial charge < -0.3 is 10.6 Å². The summed E-state index contributed by atoms with van der Waals surface area (Å²) < 4.78 is 0. The Hall–Kier alpha value is -2.43. The molecule has 0 atom stereocenters. The number of hydrogen-bond donors (Lipinski definition) is 2. The lowest BCUT2D eigenvalue weighted by atomic mass is 10.1. The Morgan fingerprint density at radius 2 is 2.00 bits per heavy atom. The standard InChI is InChI=1S/C17H22N4O/c1-11(2)10-19-17-18-8-7-14(21-17)16(22)20-15-9-12(3)5-6-13(15)4/h5-9,11H,10H2,1-4H3,(H,20,22)(H,18,19,21). The van der Waals surface area contributed by atoms with Crippen LogP contribution in [0.25, 0.3) is 0 Å². The normalized spacial score (nSPS) is 10.6. The van der Waals surface area contributed by atoms with Crippen molar-refractivity contribution in [3.05, 3.63) is 47.3 Å². The summed E-state index contributed by atoms with van der Waals surface area (Å²) in [7, 11) is 0. The lowest BCUT2D eigenvalue weighted by Gasteiger charge is -2.10. The minimum atomic E-state index is -0.233. The van der Waals surface area contributed by atoms with Gasteiger partial charge in [-0.3, -0.25) is 4.79 Å². The molecule has 0 aliphatic carbocycles. The topological polar surface area (TPSA) is 66.9 Å². The van der Waals surface area contributed by atoms with Gasteiger partial charge in [-0.15, -0.1) is 0 Å². The van der Waals surface area contributed by atoms with Gasteiger partial charge in [0, 0.05) is 18.4 Å². The molecule has 1 heterocycles. The SMILES string of the molecule is Cc1ccc(C)c(NC(=O)c2ccnc(NCC(C)C)n2)c1. The van der Waals surface area contributed by atoms with Gasteiger partial charge in [-0.1, -0.05) is 26.0 Å². The largest absolute Gasteiger partial charge is 0.354 e. The molecule has 0 aliphatic rings. The highest BCUT2D eigenvalue weighted by atomic mass is 16.1. The van der Waals surface area contributed by atoms with Gasteiger partial charge in [0.2, 0.25) is 5.95 Å². The molecule has 0 radical (unpaired) electrons. The molecular weight excluding hydrogens is 276 g/mol. The van der Waals surface area contributed by atoms with Gasteiger partial charge in [-0.25, -0.2) is 9.97 Å². The van der Waals surface area contributed by atoms with Crippen LogP contribution in [0.2, 0.25) is 0 Å². The molecule has 1 aromatic carbocycles. The predicted octanol–water partition coefficient (Wildman–Crippen LogP) is 3.41. The van der Waals surface area contributed by atoms with Crippen molar-refractivity contribution >= 4 is 17.5 Å². The van der Waals surface area contributed by atoms with Crippen LogP contribution < -0.4 is 10.6 Å². The van der Waals surface area contributed by atoms with Crippen LogP contribution in [0.3, 0.4) is 0 Å². The summed E-state index contributed by atoms with van der Waals surface area (Å²) in [5.74, 6) is 0.724. The number of rotatable bonds is 5. The first-order valence-corrected chi connectivity index (χ1v) is 7.41. The van der Waals surface area contributed by atoms with Crippen LogP contribution in [0.4, 0.5) is 11.6 Å². The van der Waals surface area contributed by atoms with Gasteiger partial charge in [0.25, 0.3) is 5.91 Å². The van der Waals surface area contributed by atoms with Crippen LogP contribution in [-0.4, -0.2) is 22.4 Å². The third-order valence-electron chi connectivity index (χ3n) is 3.20. The lowest BCUT2D eigenvalue weighted by Crippen LogP contribution is -2.17. The van der Waals surface area contributed by atoms with E-state index in [1.165, 1.54) is 0 Å². The predicted molar refractivity (Wildman–Crippen MR) is 89.2 cm³/mol. The molecule has 1 aromatic heterocycles. The van der Waals surface area contributed by atoms with Crippen molar-refractivity contribution in [2.24, 2.45) is 5.92 Å². The van der Waals surface area contributed by atoms with Crippen LogP contribution >= 0.6 is 0 Å². The van der Waals surface area contributed by atoms with E-state index >= 15 is 0 Å². The maximum atomic E-state index is 12.3. The number of benzene rings is 1. The summed E-state index contributed by atoms with van der Waals surface area (Å²) in [6.07, 6.45) is 1.59. The summed E-state index contributed by atoms with van der Waals surface area (Å²) in [6, 6.07) is 7.57. The molecule has 22 heavy (non-hydrogen) atoms. The zero-order valence-electron chi connectivity index (χ0n) is 13.5. The zero-order valence-corrected chi connectivity index (χ0v) is 13.5. The van der Waals surface area contributed by atoms with E-state index in [1.54, 1.807) is 12.3 Å². The second kappa shape index (κ2) is 7.02. The van der Waals surface area contributed by atoms with Gasteiger partial charge in [-0.2, -0.15) is 0 Å². The van der Waals surface area contributed by atoms with Crippen molar-refractivity contribution in [2.75, 3.05) is 17.2 Å². The van der Waals surface area contributed by atoms with E-state index in [0.717, 1.165) is 23.4 Å². The third kappa shape index (κ3) is 4.28. The molecule has 2 rings (SSSR count). The molecule has 2 N–H and O–H groups in total.